The lowest BCUT2D eigenvalue weighted by Crippen LogP contribution is -2.48. The van der Waals surface area contributed by atoms with E-state index in [1.165, 1.54) is 15.4 Å². The Balaban J connectivity index is 1.69. The lowest BCUT2D eigenvalue weighted by Gasteiger charge is -2.34. The van der Waals surface area contributed by atoms with Crippen molar-refractivity contribution in [2.24, 2.45) is 0 Å². The van der Waals surface area contributed by atoms with Crippen molar-refractivity contribution >= 4 is 60.5 Å². The first-order chi connectivity index (χ1) is 11.8. The van der Waals surface area contributed by atoms with Crippen LogP contribution in [0.3, 0.4) is 0 Å². The van der Waals surface area contributed by atoms with Crippen LogP contribution in [0.25, 0.3) is 0 Å². The molecule has 0 radical (unpaired) electrons. The van der Waals surface area contributed by atoms with Gasteiger partial charge >= 0.3 is 0 Å². The van der Waals surface area contributed by atoms with Crippen molar-refractivity contribution in [3.05, 3.63) is 48.5 Å². The number of hydrogen-bond donors (Lipinski definition) is 0. The van der Waals surface area contributed by atoms with Gasteiger partial charge in [-0.05, 0) is 28.4 Å². The number of hydrogen-bond acceptors (Lipinski definition) is 4. The molecule has 25 heavy (non-hydrogen) atoms. The van der Waals surface area contributed by atoms with Gasteiger partial charge in [-0.2, -0.15) is 4.31 Å². The highest BCUT2D eigenvalue weighted by molar-refractivity contribution is 9.10. The van der Waals surface area contributed by atoms with E-state index in [4.69, 9.17) is 23.2 Å². The first-order valence-corrected chi connectivity index (χ1v) is 11.5. The Labute approximate surface area is 170 Å². The van der Waals surface area contributed by atoms with Gasteiger partial charge in [0, 0.05) is 32.7 Å². The van der Waals surface area contributed by atoms with Crippen LogP contribution in [0.4, 0.5) is 0 Å². The Morgan fingerprint density at radius 3 is 2.40 bits per heavy atom. The van der Waals surface area contributed by atoms with Crippen LogP contribution in [0, 0.1) is 6.92 Å². The third kappa shape index (κ3) is 4.24. The molecule has 9 heteroatoms. The standard InChI is InChI=1S/C16H17BrCl2N2O2S2/c1-11-3-2-4-12(9-11)10-20-5-7-21(8-6-20)25(22,23)14-13(17)15(18)24-16(14)19/h2-4,9H,5-8,10H2,1H3. The lowest BCUT2D eigenvalue weighted by atomic mass is 10.1. The van der Waals surface area contributed by atoms with E-state index >= 15 is 0 Å². The molecule has 0 spiro atoms. The zero-order chi connectivity index (χ0) is 18.2. The highest BCUT2D eigenvalue weighted by Crippen LogP contribution is 2.44. The molecule has 2 aromatic rings. The molecule has 1 aliphatic heterocycles. The molecule has 0 aliphatic carbocycles. The van der Waals surface area contributed by atoms with Crippen LogP contribution in [-0.2, 0) is 16.6 Å². The molecule has 0 atom stereocenters. The fourth-order valence-corrected chi connectivity index (χ4v) is 7.79. The van der Waals surface area contributed by atoms with Crippen LogP contribution >= 0.6 is 50.5 Å². The predicted octanol–water partition coefficient (Wildman–Crippen LogP) is 4.63. The van der Waals surface area contributed by atoms with Gasteiger partial charge in [-0.15, -0.1) is 11.3 Å². The fourth-order valence-electron chi connectivity index (χ4n) is 2.89. The molecule has 0 saturated carbocycles. The largest absolute Gasteiger partial charge is 0.296 e. The number of piperazine rings is 1. The molecule has 2 heterocycles. The predicted molar refractivity (Wildman–Crippen MR) is 107 cm³/mol. The minimum atomic E-state index is -3.65. The molecule has 1 aliphatic rings. The molecular formula is C16H17BrCl2N2O2S2. The number of aryl methyl sites for hydroxylation is 1. The molecule has 1 aromatic heterocycles. The zero-order valence-corrected chi connectivity index (χ0v) is 18.2. The van der Waals surface area contributed by atoms with Crippen LogP contribution in [0.5, 0.6) is 0 Å². The maximum absolute atomic E-state index is 12.9. The van der Waals surface area contributed by atoms with Gasteiger partial charge in [-0.3, -0.25) is 4.90 Å². The second-order valence-electron chi connectivity index (χ2n) is 5.96. The minimum absolute atomic E-state index is 0.0799. The van der Waals surface area contributed by atoms with Crippen LogP contribution in [0.15, 0.2) is 33.6 Å². The van der Waals surface area contributed by atoms with E-state index in [-0.39, 0.29) is 9.23 Å². The van der Waals surface area contributed by atoms with E-state index in [1.54, 1.807) is 0 Å². The molecule has 0 amide bonds. The third-order valence-electron chi connectivity index (χ3n) is 4.15. The van der Waals surface area contributed by atoms with E-state index in [2.05, 4.69) is 46.0 Å². The summed E-state index contributed by atoms with van der Waals surface area (Å²) in [7, 11) is -3.65. The minimum Gasteiger partial charge on any atom is -0.296 e. The molecule has 1 saturated heterocycles. The molecule has 0 unspecified atom stereocenters. The van der Waals surface area contributed by atoms with Crippen molar-refractivity contribution in [1.82, 2.24) is 9.21 Å². The van der Waals surface area contributed by atoms with Crippen molar-refractivity contribution in [1.29, 1.82) is 0 Å². The molecular weight excluding hydrogens is 467 g/mol. The second kappa shape index (κ2) is 7.84. The topological polar surface area (TPSA) is 40.6 Å². The van der Waals surface area contributed by atoms with Gasteiger partial charge in [0.25, 0.3) is 0 Å². The van der Waals surface area contributed by atoms with E-state index in [1.807, 2.05) is 6.07 Å². The number of rotatable bonds is 4. The van der Waals surface area contributed by atoms with Crippen LogP contribution in [-0.4, -0.2) is 43.8 Å². The highest BCUT2D eigenvalue weighted by Gasteiger charge is 2.34. The number of nitrogens with zero attached hydrogens (tertiary/aromatic N) is 2. The Morgan fingerprint density at radius 1 is 1.16 bits per heavy atom. The van der Waals surface area contributed by atoms with E-state index in [0.29, 0.717) is 35.0 Å². The van der Waals surface area contributed by atoms with E-state index < -0.39 is 10.0 Å². The summed E-state index contributed by atoms with van der Waals surface area (Å²) in [4.78, 5) is 2.34. The monoisotopic (exact) mass is 482 g/mol. The van der Waals surface area contributed by atoms with Gasteiger partial charge in [0.05, 0.1) is 4.47 Å². The Morgan fingerprint density at radius 2 is 1.84 bits per heavy atom. The Bertz CT molecular complexity index is 878. The zero-order valence-electron chi connectivity index (χ0n) is 13.5. The maximum Gasteiger partial charge on any atom is 0.246 e. The van der Waals surface area contributed by atoms with Crippen LogP contribution in [0.1, 0.15) is 11.1 Å². The van der Waals surface area contributed by atoms with Gasteiger partial charge in [0.1, 0.15) is 13.6 Å². The summed E-state index contributed by atoms with van der Waals surface area (Å²) < 4.78 is 28.2. The number of benzene rings is 1. The molecule has 3 rings (SSSR count). The van der Waals surface area contributed by atoms with Gasteiger partial charge in [0.15, 0.2) is 0 Å². The van der Waals surface area contributed by atoms with Gasteiger partial charge in [0.2, 0.25) is 10.0 Å². The third-order valence-corrected chi connectivity index (χ3v) is 9.51. The average Bonchev–Trinajstić information content (AvgIpc) is 2.81. The molecule has 0 bridgehead atoms. The van der Waals surface area contributed by atoms with Crippen molar-refractivity contribution in [3.63, 3.8) is 0 Å². The van der Waals surface area contributed by atoms with Crippen molar-refractivity contribution in [2.75, 3.05) is 26.2 Å². The SMILES string of the molecule is Cc1cccc(CN2CCN(S(=O)(=O)c3c(Cl)sc(Cl)c3Br)CC2)c1. The summed E-state index contributed by atoms with van der Waals surface area (Å²) in [6, 6.07) is 8.38. The second-order valence-corrected chi connectivity index (χ2v) is 10.9. The first-order valence-electron chi connectivity index (χ1n) is 7.70. The first kappa shape index (κ1) is 19.6. The average molecular weight is 484 g/mol. The van der Waals surface area contributed by atoms with E-state index in [9.17, 15) is 8.42 Å². The van der Waals surface area contributed by atoms with Gasteiger partial charge < -0.3 is 0 Å². The lowest BCUT2D eigenvalue weighted by molar-refractivity contribution is 0.181. The van der Waals surface area contributed by atoms with Gasteiger partial charge in [-0.25, -0.2) is 8.42 Å². The molecule has 136 valence electrons. The van der Waals surface area contributed by atoms with Crippen molar-refractivity contribution < 1.29 is 8.42 Å². The van der Waals surface area contributed by atoms with E-state index in [0.717, 1.165) is 17.9 Å². The number of sulfonamides is 1. The molecule has 0 N–H and O–H groups in total. The highest BCUT2D eigenvalue weighted by atomic mass is 79.9. The van der Waals surface area contributed by atoms with Crippen molar-refractivity contribution in [3.8, 4) is 0 Å². The molecule has 1 fully saturated rings. The number of halogens is 3. The molecule has 4 nitrogen and oxygen atoms in total. The van der Waals surface area contributed by atoms with Gasteiger partial charge in [-0.1, -0.05) is 53.0 Å². The summed E-state index contributed by atoms with van der Waals surface area (Å²) >= 11 is 16.4. The Kier molecular flexibility index (Phi) is 6.15. The summed E-state index contributed by atoms with van der Waals surface area (Å²) in [6.07, 6.45) is 0. The van der Waals surface area contributed by atoms with Crippen LogP contribution in [0.2, 0.25) is 8.67 Å². The van der Waals surface area contributed by atoms with Crippen molar-refractivity contribution in [2.45, 2.75) is 18.4 Å². The fraction of sp³-hybridized carbons (Fsp3) is 0.375. The van der Waals surface area contributed by atoms with Crippen LogP contribution < -0.4 is 0 Å². The smallest absolute Gasteiger partial charge is 0.246 e. The normalized spacial score (nSPS) is 17.1. The maximum atomic E-state index is 12.9. The summed E-state index contributed by atoms with van der Waals surface area (Å²) in [5, 5.41) is 0. The summed E-state index contributed by atoms with van der Waals surface area (Å²) in [6.45, 7) is 5.13. The summed E-state index contributed by atoms with van der Waals surface area (Å²) in [5.41, 5.74) is 2.47. The quantitative estimate of drug-likeness (QED) is 0.636. The summed E-state index contributed by atoms with van der Waals surface area (Å²) in [5.74, 6) is 0. The number of thiophene rings is 1. The Hall–Kier alpha value is -0.150. The molecule has 1 aromatic carbocycles.